The van der Waals surface area contributed by atoms with E-state index in [4.69, 9.17) is 11.6 Å². The van der Waals surface area contributed by atoms with Crippen LogP contribution < -0.4 is 5.32 Å². The van der Waals surface area contributed by atoms with E-state index in [9.17, 15) is 9.90 Å². The number of carbonyl (C=O) groups excluding carboxylic acids is 1. The van der Waals surface area contributed by atoms with E-state index in [1.807, 2.05) is 0 Å². The lowest BCUT2D eigenvalue weighted by Crippen LogP contribution is -2.18. The van der Waals surface area contributed by atoms with Gasteiger partial charge in [0.05, 0.1) is 11.6 Å². The molecule has 3 nitrogen and oxygen atoms in total. The molecule has 0 saturated heterocycles. The summed E-state index contributed by atoms with van der Waals surface area (Å²) in [7, 11) is 1.69. The zero-order chi connectivity index (χ0) is 10.7. The van der Waals surface area contributed by atoms with Crippen LogP contribution in [0.25, 0.3) is 0 Å². The third kappa shape index (κ3) is 2.25. The van der Waals surface area contributed by atoms with Gasteiger partial charge in [-0.05, 0) is 31.7 Å². The molecule has 0 unspecified atom stereocenters. The van der Waals surface area contributed by atoms with Crippen LogP contribution in [0.5, 0.6) is 5.75 Å². The normalized spacial score (nSPS) is 10.2. The molecule has 0 aliphatic carbocycles. The van der Waals surface area contributed by atoms with Crippen LogP contribution in [0, 0.1) is 6.92 Å². The molecule has 0 heterocycles. The number of ketones is 1. The van der Waals surface area contributed by atoms with Crippen LogP contribution in [0.4, 0.5) is 0 Å². The third-order valence-corrected chi connectivity index (χ3v) is 2.39. The number of rotatable bonds is 3. The van der Waals surface area contributed by atoms with Crippen LogP contribution in [0.2, 0.25) is 5.02 Å². The van der Waals surface area contributed by atoms with Crippen molar-refractivity contribution in [3.05, 3.63) is 28.3 Å². The number of phenols is 1. The Kier molecular flexibility index (Phi) is 3.49. The van der Waals surface area contributed by atoms with Gasteiger partial charge < -0.3 is 10.4 Å². The number of carbonyl (C=O) groups is 1. The summed E-state index contributed by atoms with van der Waals surface area (Å²) in [6, 6.07) is 3.05. The van der Waals surface area contributed by atoms with Gasteiger partial charge in [0, 0.05) is 5.56 Å². The van der Waals surface area contributed by atoms with Gasteiger partial charge in [0.1, 0.15) is 5.75 Å². The lowest BCUT2D eigenvalue weighted by atomic mass is 10.1. The topological polar surface area (TPSA) is 49.3 Å². The molecule has 1 aromatic carbocycles. The summed E-state index contributed by atoms with van der Waals surface area (Å²) in [5.41, 5.74) is 1.17. The number of hydrogen-bond acceptors (Lipinski definition) is 3. The minimum Gasteiger partial charge on any atom is -0.506 e. The average Bonchev–Trinajstić information content (AvgIpc) is 2.13. The summed E-state index contributed by atoms with van der Waals surface area (Å²) in [6.45, 7) is 2.00. The van der Waals surface area contributed by atoms with Gasteiger partial charge in [-0.3, -0.25) is 4.79 Å². The van der Waals surface area contributed by atoms with Crippen LogP contribution in [0.15, 0.2) is 12.1 Å². The maximum atomic E-state index is 11.4. The summed E-state index contributed by atoms with van der Waals surface area (Å²) >= 11 is 5.75. The van der Waals surface area contributed by atoms with E-state index in [1.165, 1.54) is 6.07 Å². The first kappa shape index (κ1) is 11.0. The Hall–Kier alpha value is -1.06. The second-order valence-electron chi connectivity index (χ2n) is 3.08. The summed E-state index contributed by atoms with van der Waals surface area (Å²) < 4.78 is 0. The van der Waals surface area contributed by atoms with E-state index in [0.29, 0.717) is 16.1 Å². The summed E-state index contributed by atoms with van der Waals surface area (Å²) in [4.78, 5) is 11.4. The molecule has 4 heteroatoms. The van der Waals surface area contributed by atoms with Crippen molar-refractivity contribution < 1.29 is 9.90 Å². The van der Waals surface area contributed by atoms with Crippen molar-refractivity contribution in [3.8, 4) is 5.75 Å². The van der Waals surface area contributed by atoms with E-state index >= 15 is 0 Å². The Morgan fingerprint density at radius 2 is 2.21 bits per heavy atom. The molecule has 0 aliphatic heterocycles. The first-order valence-corrected chi connectivity index (χ1v) is 4.61. The highest BCUT2D eigenvalue weighted by molar-refractivity contribution is 6.32. The molecular weight excluding hydrogens is 202 g/mol. The molecule has 0 amide bonds. The standard InChI is InChI=1S/C10H12ClNO2/c1-6-3-7(9(14)5-12-2)4-8(13)10(6)11/h3-4,12-13H,5H2,1-2H3. The molecule has 0 bridgehead atoms. The Bertz CT molecular complexity index is 340. The lowest BCUT2D eigenvalue weighted by Gasteiger charge is -2.05. The minimum atomic E-state index is -0.0671. The minimum absolute atomic E-state index is 0.0499. The SMILES string of the molecule is CNCC(=O)c1cc(C)c(Cl)c(O)c1. The van der Waals surface area contributed by atoms with Crippen LogP contribution >= 0.6 is 11.6 Å². The van der Waals surface area contributed by atoms with Crippen molar-refractivity contribution in [2.75, 3.05) is 13.6 Å². The van der Waals surface area contributed by atoms with Crippen LogP contribution in [0.1, 0.15) is 15.9 Å². The van der Waals surface area contributed by atoms with Gasteiger partial charge in [0.15, 0.2) is 5.78 Å². The summed E-state index contributed by atoms with van der Waals surface area (Å²) in [5.74, 6) is -0.117. The quantitative estimate of drug-likeness (QED) is 0.753. The molecule has 0 fully saturated rings. The Morgan fingerprint density at radius 3 is 2.71 bits per heavy atom. The number of aromatic hydroxyl groups is 1. The summed E-state index contributed by atoms with van der Waals surface area (Å²) in [6.07, 6.45) is 0. The van der Waals surface area contributed by atoms with Crippen molar-refractivity contribution >= 4 is 17.4 Å². The van der Waals surface area contributed by atoms with Crippen LogP contribution in [-0.2, 0) is 0 Å². The molecule has 76 valence electrons. The monoisotopic (exact) mass is 213 g/mol. The van der Waals surface area contributed by atoms with Crippen molar-refractivity contribution in [2.24, 2.45) is 0 Å². The molecule has 0 aromatic heterocycles. The summed E-state index contributed by atoms with van der Waals surface area (Å²) in [5, 5.41) is 12.4. The Balaban J connectivity index is 3.06. The van der Waals surface area contributed by atoms with Crippen molar-refractivity contribution in [2.45, 2.75) is 6.92 Å². The number of halogens is 1. The van der Waals surface area contributed by atoms with Crippen molar-refractivity contribution in [1.29, 1.82) is 0 Å². The van der Waals surface area contributed by atoms with Crippen LogP contribution in [0.3, 0.4) is 0 Å². The predicted octanol–water partition coefficient (Wildman–Crippen LogP) is 1.76. The smallest absolute Gasteiger partial charge is 0.176 e. The van der Waals surface area contributed by atoms with Crippen LogP contribution in [-0.4, -0.2) is 24.5 Å². The molecule has 0 aliphatic rings. The van der Waals surface area contributed by atoms with E-state index < -0.39 is 0 Å². The fraction of sp³-hybridized carbons (Fsp3) is 0.300. The Morgan fingerprint density at radius 1 is 1.57 bits per heavy atom. The number of hydrogen-bond donors (Lipinski definition) is 2. The molecule has 2 N–H and O–H groups in total. The van der Waals surface area contributed by atoms with E-state index in [2.05, 4.69) is 5.32 Å². The number of nitrogens with one attached hydrogen (secondary N) is 1. The zero-order valence-corrected chi connectivity index (χ0v) is 8.85. The molecule has 0 spiro atoms. The zero-order valence-electron chi connectivity index (χ0n) is 8.10. The molecule has 0 radical (unpaired) electrons. The number of aryl methyl sites for hydroxylation is 1. The third-order valence-electron chi connectivity index (χ3n) is 1.89. The first-order valence-electron chi connectivity index (χ1n) is 4.23. The number of benzene rings is 1. The lowest BCUT2D eigenvalue weighted by molar-refractivity contribution is 0.0993. The van der Waals surface area contributed by atoms with E-state index in [0.717, 1.165) is 0 Å². The predicted molar refractivity (Wildman–Crippen MR) is 56.1 cm³/mol. The molecule has 1 rings (SSSR count). The molecule has 1 aromatic rings. The van der Waals surface area contributed by atoms with Gasteiger partial charge in [-0.2, -0.15) is 0 Å². The maximum Gasteiger partial charge on any atom is 0.176 e. The first-order chi connectivity index (χ1) is 6.56. The molecule has 0 saturated carbocycles. The van der Waals surface area contributed by atoms with Crippen molar-refractivity contribution in [1.82, 2.24) is 5.32 Å². The average molecular weight is 214 g/mol. The van der Waals surface area contributed by atoms with E-state index in [-0.39, 0.29) is 18.1 Å². The highest BCUT2D eigenvalue weighted by atomic mass is 35.5. The Labute approximate surface area is 87.7 Å². The molecule has 0 atom stereocenters. The fourth-order valence-electron chi connectivity index (χ4n) is 1.17. The largest absolute Gasteiger partial charge is 0.506 e. The van der Waals surface area contributed by atoms with Gasteiger partial charge >= 0.3 is 0 Å². The maximum absolute atomic E-state index is 11.4. The second-order valence-corrected chi connectivity index (χ2v) is 3.46. The van der Waals surface area contributed by atoms with Gasteiger partial charge in [0.2, 0.25) is 0 Å². The van der Waals surface area contributed by atoms with Gasteiger partial charge in [-0.25, -0.2) is 0 Å². The van der Waals surface area contributed by atoms with Gasteiger partial charge in [-0.1, -0.05) is 11.6 Å². The number of likely N-dealkylation sites (N-methyl/N-ethyl adjacent to an activating group) is 1. The second kappa shape index (κ2) is 4.44. The van der Waals surface area contributed by atoms with Gasteiger partial charge in [-0.15, -0.1) is 0 Å². The number of phenolic OH excluding ortho intramolecular Hbond substituents is 1. The molecule has 14 heavy (non-hydrogen) atoms. The van der Waals surface area contributed by atoms with Gasteiger partial charge in [0.25, 0.3) is 0 Å². The van der Waals surface area contributed by atoms with E-state index in [1.54, 1.807) is 20.0 Å². The highest BCUT2D eigenvalue weighted by Crippen LogP contribution is 2.28. The molecular formula is C10H12ClNO2. The highest BCUT2D eigenvalue weighted by Gasteiger charge is 2.10. The number of Topliss-reactive ketones (excluding diaryl/α,β-unsaturated/α-hetero) is 1. The van der Waals surface area contributed by atoms with Crippen molar-refractivity contribution in [3.63, 3.8) is 0 Å². The fourth-order valence-corrected chi connectivity index (χ4v) is 1.28.